The van der Waals surface area contributed by atoms with E-state index in [-0.39, 0.29) is 5.91 Å². The first-order chi connectivity index (χ1) is 16.2. The van der Waals surface area contributed by atoms with Crippen molar-refractivity contribution in [3.05, 3.63) is 78.8 Å². The van der Waals surface area contributed by atoms with Gasteiger partial charge in [-0.1, -0.05) is 18.2 Å². The van der Waals surface area contributed by atoms with Gasteiger partial charge in [0.25, 0.3) is 5.91 Å². The number of anilines is 1. The van der Waals surface area contributed by atoms with Crippen molar-refractivity contribution < 1.29 is 4.79 Å². The summed E-state index contributed by atoms with van der Waals surface area (Å²) in [6, 6.07) is 17.3. The zero-order valence-electron chi connectivity index (χ0n) is 18.4. The van der Waals surface area contributed by atoms with Gasteiger partial charge in [-0.25, -0.2) is 9.97 Å². The lowest BCUT2D eigenvalue weighted by molar-refractivity contribution is 0.0793. The van der Waals surface area contributed by atoms with Crippen LogP contribution in [0.3, 0.4) is 0 Å². The van der Waals surface area contributed by atoms with Crippen LogP contribution in [0.15, 0.2) is 73.2 Å². The molecular weight excluding hydrogens is 412 g/mol. The minimum atomic E-state index is 0.105. The number of rotatable bonds is 5. The van der Waals surface area contributed by atoms with Crippen molar-refractivity contribution >= 4 is 11.7 Å². The molecule has 33 heavy (non-hydrogen) atoms. The summed E-state index contributed by atoms with van der Waals surface area (Å²) in [4.78, 5) is 32.7. The molecule has 4 heterocycles. The van der Waals surface area contributed by atoms with Gasteiger partial charge in [0.2, 0.25) is 0 Å². The first kappa shape index (κ1) is 20.8. The zero-order chi connectivity index (χ0) is 22.6. The lowest BCUT2D eigenvalue weighted by Gasteiger charge is -2.15. The van der Waals surface area contributed by atoms with Gasteiger partial charge in [-0.2, -0.15) is 0 Å². The Hall–Kier alpha value is -4.13. The van der Waals surface area contributed by atoms with Gasteiger partial charge in [-0.05, 0) is 48.7 Å². The van der Waals surface area contributed by atoms with Crippen LogP contribution >= 0.6 is 0 Å². The monoisotopic (exact) mass is 436 g/mol. The summed E-state index contributed by atoms with van der Waals surface area (Å²) in [6.45, 7) is 1.70. The molecule has 1 N–H and O–H groups in total. The van der Waals surface area contributed by atoms with Crippen LogP contribution in [0.4, 0.5) is 5.82 Å². The fourth-order valence-corrected chi connectivity index (χ4v) is 3.98. The van der Waals surface area contributed by atoms with E-state index >= 15 is 0 Å². The predicted molar refractivity (Wildman–Crippen MR) is 129 cm³/mol. The quantitative estimate of drug-likeness (QED) is 0.494. The first-order valence-electron chi connectivity index (χ1n) is 11.0. The number of likely N-dealkylation sites (tertiary alicyclic amines) is 1. The van der Waals surface area contributed by atoms with E-state index in [1.54, 1.807) is 12.4 Å². The van der Waals surface area contributed by atoms with E-state index < -0.39 is 0 Å². The van der Waals surface area contributed by atoms with Gasteiger partial charge in [0.1, 0.15) is 11.5 Å². The zero-order valence-corrected chi connectivity index (χ0v) is 18.4. The standard InChI is InChI=1S/C26H24N6O/c1-27-24-15-23(30-25(31-24)22-6-2-3-11-29-22)21-14-20(16-28-17-21)18-7-9-19(10-8-18)26(33)32-12-4-5-13-32/h2-3,6-11,14-17H,4-5,12-13H2,1H3,(H,27,30,31). The van der Waals surface area contributed by atoms with Gasteiger partial charge in [0.05, 0.1) is 5.69 Å². The van der Waals surface area contributed by atoms with Crippen molar-refractivity contribution in [1.29, 1.82) is 0 Å². The Morgan fingerprint density at radius 1 is 0.879 bits per heavy atom. The molecule has 0 saturated carbocycles. The van der Waals surface area contributed by atoms with E-state index in [1.165, 1.54) is 0 Å². The molecule has 3 aromatic heterocycles. The molecule has 0 spiro atoms. The number of hydrogen-bond donors (Lipinski definition) is 1. The molecule has 164 valence electrons. The summed E-state index contributed by atoms with van der Waals surface area (Å²) >= 11 is 0. The van der Waals surface area contributed by atoms with Crippen molar-refractivity contribution in [3.8, 4) is 33.9 Å². The van der Waals surface area contributed by atoms with Crippen LogP contribution in [0.5, 0.6) is 0 Å². The van der Waals surface area contributed by atoms with Gasteiger partial charge < -0.3 is 10.2 Å². The number of nitrogens with zero attached hydrogens (tertiary/aromatic N) is 5. The average Bonchev–Trinajstić information content (AvgIpc) is 3.44. The smallest absolute Gasteiger partial charge is 0.253 e. The van der Waals surface area contributed by atoms with Crippen LogP contribution < -0.4 is 5.32 Å². The van der Waals surface area contributed by atoms with E-state index in [4.69, 9.17) is 4.98 Å². The lowest BCUT2D eigenvalue weighted by Crippen LogP contribution is -2.27. The molecule has 1 saturated heterocycles. The summed E-state index contributed by atoms with van der Waals surface area (Å²) < 4.78 is 0. The Morgan fingerprint density at radius 2 is 1.67 bits per heavy atom. The molecule has 1 aliphatic rings. The maximum atomic E-state index is 12.6. The molecule has 0 bridgehead atoms. The van der Waals surface area contributed by atoms with E-state index in [9.17, 15) is 4.79 Å². The summed E-state index contributed by atoms with van der Waals surface area (Å²) in [5, 5.41) is 3.10. The highest BCUT2D eigenvalue weighted by atomic mass is 16.2. The normalized spacial score (nSPS) is 13.2. The van der Waals surface area contributed by atoms with Crippen LogP contribution in [-0.4, -0.2) is 50.9 Å². The highest BCUT2D eigenvalue weighted by Crippen LogP contribution is 2.27. The molecule has 0 unspecified atom stereocenters. The Kier molecular flexibility index (Phi) is 5.76. The number of benzene rings is 1. The second-order valence-corrected chi connectivity index (χ2v) is 7.97. The molecule has 4 aromatic rings. The minimum absolute atomic E-state index is 0.105. The molecule has 7 nitrogen and oxygen atoms in total. The van der Waals surface area contributed by atoms with Crippen molar-refractivity contribution in [2.45, 2.75) is 12.8 Å². The molecule has 7 heteroatoms. The third kappa shape index (κ3) is 4.43. The van der Waals surface area contributed by atoms with Gasteiger partial charge in [0.15, 0.2) is 5.82 Å². The molecule has 1 aliphatic heterocycles. The van der Waals surface area contributed by atoms with E-state index in [0.29, 0.717) is 17.3 Å². The van der Waals surface area contributed by atoms with Gasteiger partial charge in [0, 0.05) is 61.5 Å². The molecule has 0 radical (unpaired) electrons. The predicted octanol–water partition coefficient (Wildman–Crippen LogP) is 4.55. The van der Waals surface area contributed by atoms with Gasteiger partial charge >= 0.3 is 0 Å². The number of hydrogen-bond acceptors (Lipinski definition) is 6. The van der Waals surface area contributed by atoms with Crippen LogP contribution in [0, 0.1) is 0 Å². The molecule has 1 fully saturated rings. The first-order valence-corrected chi connectivity index (χ1v) is 11.0. The summed E-state index contributed by atoms with van der Waals surface area (Å²) in [5.41, 5.74) is 5.01. The van der Waals surface area contributed by atoms with Crippen LogP contribution in [0.1, 0.15) is 23.2 Å². The van der Waals surface area contributed by atoms with Crippen molar-refractivity contribution in [1.82, 2.24) is 24.8 Å². The average molecular weight is 437 g/mol. The number of nitrogens with one attached hydrogen (secondary N) is 1. The largest absolute Gasteiger partial charge is 0.373 e. The molecule has 1 amide bonds. The summed E-state index contributed by atoms with van der Waals surface area (Å²) in [7, 11) is 1.83. The molecule has 5 rings (SSSR count). The number of carbonyl (C=O) groups excluding carboxylic acids is 1. The van der Waals surface area contributed by atoms with Crippen LogP contribution in [0.2, 0.25) is 0 Å². The topological polar surface area (TPSA) is 83.9 Å². The minimum Gasteiger partial charge on any atom is -0.373 e. The van der Waals surface area contributed by atoms with Gasteiger partial charge in [-0.15, -0.1) is 0 Å². The second kappa shape index (κ2) is 9.16. The summed E-state index contributed by atoms with van der Waals surface area (Å²) in [6.07, 6.45) is 7.51. The van der Waals surface area contributed by atoms with Crippen molar-refractivity contribution in [2.24, 2.45) is 0 Å². The molecule has 1 aromatic carbocycles. The van der Waals surface area contributed by atoms with Gasteiger partial charge in [-0.3, -0.25) is 14.8 Å². The fraction of sp³-hybridized carbons (Fsp3) is 0.192. The molecule has 0 atom stereocenters. The lowest BCUT2D eigenvalue weighted by atomic mass is 10.0. The highest BCUT2D eigenvalue weighted by molar-refractivity contribution is 5.95. The number of aromatic nitrogens is 4. The highest BCUT2D eigenvalue weighted by Gasteiger charge is 2.19. The third-order valence-electron chi connectivity index (χ3n) is 5.77. The second-order valence-electron chi connectivity index (χ2n) is 7.97. The van der Waals surface area contributed by atoms with Crippen LogP contribution in [-0.2, 0) is 0 Å². The Balaban J connectivity index is 1.45. The van der Waals surface area contributed by atoms with E-state index in [2.05, 4.69) is 20.3 Å². The number of pyridine rings is 2. The third-order valence-corrected chi connectivity index (χ3v) is 5.77. The SMILES string of the molecule is CNc1cc(-c2cncc(-c3ccc(C(=O)N4CCCC4)cc3)c2)nc(-c2ccccn2)n1. The maximum absolute atomic E-state index is 12.6. The summed E-state index contributed by atoms with van der Waals surface area (Å²) in [5.74, 6) is 1.36. The van der Waals surface area contributed by atoms with Crippen LogP contribution in [0.25, 0.3) is 33.9 Å². The number of amides is 1. The van der Waals surface area contributed by atoms with E-state index in [0.717, 1.165) is 53.9 Å². The maximum Gasteiger partial charge on any atom is 0.253 e. The molecule has 0 aliphatic carbocycles. The Labute approximate surface area is 192 Å². The van der Waals surface area contributed by atoms with E-state index in [1.807, 2.05) is 72.7 Å². The Morgan fingerprint density at radius 3 is 2.39 bits per heavy atom. The van der Waals surface area contributed by atoms with Crippen molar-refractivity contribution in [3.63, 3.8) is 0 Å². The Bertz CT molecular complexity index is 1270. The number of carbonyl (C=O) groups is 1. The molecular formula is C26H24N6O. The fourth-order valence-electron chi connectivity index (χ4n) is 3.98. The van der Waals surface area contributed by atoms with Crippen molar-refractivity contribution in [2.75, 3.05) is 25.5 Å².